The van der Waals surface area contributed by atoms with Gasteiger partial charge >= 0.3 is 0 Å². The van der Waals surface area contributed by atoms with E-state index in [0.29, 0.717) is 15.6 Å². The molecule has 0 unspecified atom stereocenters. The van der Waals surface area contributed by atoms with Crippen LogP contribution in [0.25, 0.3) is 0 Å². The third-order valence-corrected chi connectivity index (χ3v) is 5.72. The van der Waals surface area contributed by atoms with E-state index >= 15 is 0 Å². The van der Waals surface area contributed by atoms with Crippen molar-refractivity contribution in [1.82, 2.24) is 0 Å². The van der Waals surface area contributed by atoms with E-state index in [-0.39, 0.29) is 11.6 Å². The van der Waals surface area contributed by atoms with Crippen molar-refractivity contribution in [1.29, 1.82) is 0 Å². The van der Waals surface area contributed by atoms with Crippen LogP contribution >= 0.6 is 23.4 Å². The number of imide groups is 1. The normalized spacial score (nSPS) is 13.9. The summed E-state index contributed by atoms with van der Waals surface area (Å²) in [5.41, 5.74) is 2.55. The van der Waals surface area contributed by atoms with E-state index in [1.165, 1.54) is 11.8 Å². The number of rotatable bonds is 5. The molecular formula is C23H17ClN2O2S. The average molecular weight is 421 g/mol. The molecule has 4 rings (SSSR count). The standard InChI is InChI=1S/C23H17ClN2O2S/c1-15-10-12-17(13-11-15)25-20-21(29-19-8-3-2-4-9-19)23(28)26(22(20)27)18-7-5-6-16(24)14-18/h2-14,25H,1H3. The fourth-order valence-electron chi connectivity index (χ4n) is 2.95. The van der Waals surface area contributed by atoms with Crippen molar-refractivity contribution in [3.63, 3.8) is 0 Å². The van der Waals surface area contributed by atoms with E-state index in [1.54, 1.807) is 24.3 Å². The minimum absolute atomic E-state index is 0.257. The molecule has 0 bridgehead atoms. The summed E-state index contributed by atoms with van der Waals surface area (Å²) in [6, 6.07) is 23.9. The van der Waals surface area contributed by atoms with Crippen LogP contribution < -0.4 is 10.2 Å². The first kappa shape index (κ1) is 19.3. The van der Waals surface area contributed by atoms with Gasteiger partial charge in [0.2, 0.25) is 0 Å². The highest BCUT2D eigenvalue weighted by Crippen LogP contribution is 2.38. The topological polar surface area (TPSA) is 49.4 Å². The van der Waals surface area contributed by atoms with Gasteiger partial charge in [-0.25, -0.2) is 4.90 Å². The van der Waals surface area contributed by atoms with Crippen molar-refractivity contribution in [2.45, 2.75) is 11.8 Å². The zero-order valence-corrected chi connectivity index (χ0v) is 17.1. The van der Waals surface area contributed by atoms with Crippen molar-refractivity contribution in [3.05, 3.63) is 100 Å². The number of hydrogen-bond donors (Lipinski definition) is 1. The second kappa shape index (κ2) is 8.15. The quantitative estimate of drug-likeness (QED) is 0.543. The predicted molar refractivity (Wildman–Crippen MR) is 118 cm³/mol. The van der Waals surface area contributed by atoms with Crippen LogP contribution in [0.2, 0.25) is 5.02 Å². The Hall–Kier alpha value is -3.02. The molecule has 0 aliphatic carbocycles. The highest BCUT2D eigenvalue weighted by molar-refractivity contribution is 8.04. The summed E-state index contributed by atoms with van der Waals surface area (Å²) in [6.45, 7) is 1.99. The Bertz CT molecular complexity index is 1110. The molecule has 0 radical (unpaired) electrons. The number of nitrogens with zero attached hydrogens (tertiary/aromatic N) is 1. The molecule has 0 aromatic heterocycles. The number of aryl methyl sites for hydroxylation is 1. The lowest BCUT2D eigenvalue weighted by atomic mass is 10.2. The lowest BCUT2D eigenvalue weighted by Gasteiger charge is -2.15. The van der Waals surface area contributed by atoms with Gasteiger partial charge in [-0.15, -0.1) is 0 Å². The van der Waals surface area contributed by atoms with Crippen LogP contribution in [-0.4, -0.2) is 11.8 Å². The van der Waals surface area contributed by atoms with Crippen molar-refractivity contribution >= 4 is 46.6 Å². The van der Waals surface area contributed by atoms with Gasteiger partial charge in [0.15, 0.2) is 0 Å². The Labute approximate surface area is 178 Å². The summed E-state index contributed by atoms with van der Waals surface area (Å²) >= 11 is 7.35. The molecule has 0 atom stereocenters. The molecule has 3 aromatic rings. The minimum Gasteiger partial charge on any atom is -0.350 e. The summed E-state index contributed by atoms with van der Waals surface area (Å²) in [6.07, 6.45) is 0. The van der Waals surface area contributed by atoms with Crippen molar-refractivity contribution in [2.75, 3.05) is 10.2 Å². The second-order valence-electron chi connectivity index (χ2n) is 6.54. The molecule has 3 aromatic carbocycles. The van der Waals surface area contributed by atoms with Crippen molar-refractivity contribution in [2.24, 2.45) is 0 Å². The predicted octanol–water partition coefficient (Wildman–Crippen LogP) is 5.64. The lowest BCUT2D eigenvalue weighted by Crippen LogP contribution is -2.32. The SMILES string of the molecule is Cc1ccc(NC2=C(Sc3ccccc3)C(=O)N(c3cccc(Cl)c3)C2=O)cc1. The van der Waals surface area contributed by atoms with Gasteiger partial charge in [-0.2, -0.15) is 0 Å². The fourth-order valence-corrected chi connectivity index (χ4v) is 4.08. The van der Waals surface area contributed by atoms with Crippen LogP contribution in [-0.2, 0) is 9.59 Å². The minimum atomic E-state index is -0.406. The lowest BCUT2D eigenvalue weighted by molar-refractivity contribution is -0.120. The summed E-state index contributed by atoms with van der Waals surface area (Å²) in [4.78, 5) is 28.8. The zero-order valence-electron chi connectivity index (χ0n) is 15.6. The van der Waals surface area contributed by atoms with Crippen molar-refractivity contribution < 1.29 is 9.59 Å². The Kier molecular flexibility index (Phi) is 5.43. The van der Waals surface area contributed by atoms with Crippen LogP contribution in [0.1, 0.15) is 5.56 Å². The third kappa shape index (κ3) is 4.06. The second-order valence-corrected chi connectivity index (χ2v) is 8.06. The van der Waals surface area contributed by atoms with Gasteiger partial charge in [0, 0.05) is 15.6 Å². The maximum Gasteiger partial charge on any atom is 0.283 e. The van der Waals surface area contributed by atoms with Gasteiger partial charge in [-0.3, -0.25) is 9.59 Å². The van der Waals surface area contributed by atoms with E-state index in [0.717, 1.165) is 21.0 Å². The van der Waals surface area contributed by atoms with Gasteiger partial charge < -0.3 is 5.32 Å². The molecule has 6 heteroatoms. The highest BCUT2D eigenvalue weighted by atomic mass is 35.5. The van der Waals surface area contributed by atoms with Gasteiger partial charge in [0.25, 0.3) is 11.8 Å². The molecule has 1 aliphatic rings. The molecule has 1 N–H and O–H groups in total. The molecule has 0 fully saturated rings. The Balaban J connectivity index is 1.74. The number of halogens is 1. The summed E-state index contributed by atoms with van der Waals surface area (Å²) in [5, 5.41) is 3.61. The highest BCUT2D eigenvalue weighted by Gasteiger charge is 2.40. The third-order valence-electron chi connectivity index (χ3n) is 4.39. The van der Waals surface area contributed by atoms with Crippen LogP contribution in [0.4, 0.5) is 11.4 Å². The first-order valence-electron chi connectivity index (χ1n) is 8.98. The molecule has 29 heavy (non-hydrogen) atoms. The molecular weight excluding hydrogens is 404 g/mol. The molecule has 1 aliphatic heterocycles. The molecule has 0 spiro atoms. The number of carbonyl (C=O) groups excluding carboxylic acids is 2. The summed E-state index contributed by atoms with van der Waals surface area (Å²) in [7, 11) is 0. The Morgan fingerprint density at radius 2 is 1.59 bits per heavy atom. The van der Waals surface area contributed by atoms with Crippen LogP contribution in [0.3, 0.4) is 0 Å². The van der Waals surface area contributed by atoms with Gasteiger partial charge in [-0.05, 0) is 49.4 Å². The fraction of sp³-hybridized carbons (Fsp3) is 0.0435. The van der Waals surface area contributed by atoms with Crippen LogP contribution in [0.5, 0.6) is 0 Å². The van der Waals surface area contributed by atoms with Gasteiger partial charge in [0.1, 0.15) is 10.6 Å². The molecule has 2 amide bonds. The molecule has 0 saturated carbocycles. The molecule has 1 heterocycles. The molecule has 4 nitrogen and oxygen atoms in total. The number of hydrogen-bond acceptors (Lipinski definition) is 4. The average Bonchev–Trinajstić information content (AvgIpc) is 2.94. The maximum absolute atomic E-state index is 13.2. The largest absolute Gasteiger partial charge is 0.350 e. The van der Waals surface area contributed by atoms with Gasteiger partial charge in [0.05, 0.1) is 5.69 Å². The molecule has 0 saturated heterocycles. The first-order chi connectivity index (χ1) is 14.0. The number of anilines is 2. The van der Waals surface area contributed by atoms with Crippen LogP contribution in [0.15, 0.2) is 94.4 Å². The van der Waals surface area contributed by atoms with E-state index in [4.69, 9.17) is 11.6 Å². The van der Waals surface area contributed by atoms with E-state index in [2.05, 4.69) is 5.32 Å². The van der Waals surface area contributed by atoms with E-state index in [1.807, 2.05) is 61.5 Å². The zero-order chi connectivity index (χ0) is 20.4. The number of carbonyl (C=O) groups is 2. The Morgan fingerprint density at radius 3 is 2.28 bits per heavy atom. The summed E-state index contributed by atoms with van der Waals surface area (Å²) < 4.78 is 0. The number of amides is 2. The first-order valence-corrected chi connectivity index (χ1v) is 10.2. The Morgan fingerprint density at radius 1 is 0.862 bits per heavy atom. The van der Waals surface area contributed by atoms with Crippen molar-refractivity contribution in [3.8, 4) is 0 Å². The molecule has 144 valence electrons. The maximum atomic E-state index is 13.2. The number of benzene rings is 3. The number of thioether (sulfide) groups is 1. The monoisotopic (exact) mass is 420 g/mol. The van der Waals surface area contributed by atoms with Crippen LogP contribution in [0, 0.1) is 6.92 Å². The summed E-state index contributed by atoms with van der Waals surface area (Å²) in [5.74, 6) is -0.781. The smallest absolute Gasteiger partial charge is 0.283 e. The number of nitrogens with one attached hydrogen (secondary N) is 1. The van der Waals surface area contributed by atoms with E-state index in [9.17, 15) is 9.59 Å². The van der Waals surface area contributed by atoms with E-state index < -0.39 is 5.91 Å². The van der Waals surface area contributed by atoms with Gasteiger partial charge in [-0.1, -0.05) is 65.3 Å².